The van der Waals surface area contributed by atoms with Crippen molar-refractivity contribution in [3.8, 4) is 24.3 Å². The van der Waals surface area contributed by atoms with Crippen molar-refractivity contribution >= 4 is 0 Å². The summed E-state index contributed by atoms with van der Waals surface area (Å²) in [4.78, 5) is 0. The normalized spacial score (nSPS) is 11.0. The topological polar surface area (TPSA) is 95.2 Å². The van der Waals surface area contributed by atoms with Crippen LogP contribution in [0.3, 0.4) is 0 Å². The lowest BCUT2D eigenvalue weighted by Crippen LogP contribution is -2.20. The van der Waals surface area contributed by atoms with Gasteiger partial charge in [0.15, 0.2) is 0 Å². The molecule has 0 amide bonds. The van der Waals surface area contributed by atoms with Gasteiger partial charge in [0.25, 0.3) is 0 Å². The van der Waals surface area contributed by atoms with E-state index >= 15 is 0 Å². The Morgan fingerprint density at radius 3 is 0.773 bits per heavy atom. The fraction of sp³-hybridized carbons (Fsp3) is 0.167. The Labute approximate surface area is 118 Å². The molecule has 1 rings (SSSR count). The number of hydrogen-bond donors (Lipinski definition) is 0. The van der Waals surface area contributed by atoms with Crippen LogP contribution in [-0.2, 0) is 12.4 Å². The molecule has 4 nitrogen and oxygen atoms in total. The molecule has 0 saturated carbocycles. The van der Waals surface area contributed by atoms with E-state index in [0.717, 1.165) is 24.3 Å². The van der Waals surface area contributed by atoms with Gasteiger partial charge in [-0.25, -0.2) is 0 Å². The lowest BCUT2D eigenvalue weighted by atomic mass is 9.87. The zero-order valence-corrected chi connectivity index (χ0v) is 10.1. The molecule has 0 unspecified atom stereocenters. The van der Waals surface area contributed by atoms with Crippen LogP contribution in [0.5, 0.6) is 0 Å². The number of halogens is 6. The number of alkyl halides is 6. The van der Waals surface area contributed by atoms with Crippen molar-refractivity contribution in [3.63, 3.8) is 0 Å². The number of benzene rings is 1. The fourth-order valence-electron chi connectivity index (χ4n) is 1.76. The molecule has 0 bridgehead atoms. The van der Waals surface area contributed by atoms with E-state index in [0.29, 0.717) is 0 Å². The van der Waals surface area contributed by atoms with E-state index < -0.39 is 45.7 Å². The van der Waals surface area contributed by atoms with Crippen molar-refractivity contribution in [2.45, 2.75) is 12.4 Å². The van der Waals surface area contributed by atoms with E-state index in [1.54, 1.807) is 0 Å². The van der Waals surface area contributed by atoms with Gasteiger partial charge in [-0.05, 0) is 0 Å². The maximum atomic E-state index is 12.9. The fourth-order valence-corrected chi connectivity index (χ4v) is 1.76. The quantitative estimate of drug-likeness (QED) is 0.687. The Bertz CT molecular complexity index is 683. The molecule has 22 heavy (non-hydrogen) atoms. The zero-order valence-electron chi connectivity index (χ0n) is 10.1. The molecule has 0 aliphatic heterocycles. The Morgan fingerprint density at radius 2 is 0.682 bits per heavy atom. The second-order valence-corrected chi connectivity index (χ2v) is 3.69. The third-order valence-electron chi connectivity index (χ3n) is 2.51. The van der Waals surface area contributed by atoms with Gasteiger partial charge in [-0.15, -0.1) is 0 Å². The molecule has 0 aromatic heterocycles. The molecule has 0 fully saturated rings. The minimum absolute atomic E-state index is 0.857. The van der Waals surface area contributed by atoms with E-state index in [1.807, 2.05) is 0 Å². The van der Waals surface area contributed by atoms with Gasteiger partial charge < -0.3 is 0 Å². The van der Waals surface area contributed by atoms with Crippen LogP contribution >= 0.6 is 0 Å². The minimum Gasteiger partial charge on any atom is -0.192 e. The highest BCUT2D eigenvalue weighted by atomic mass is 19.4. The average molecular weight is 314 g/mol. The number of hydrogen-bond acceptors (Lipinski definition) is 4. The summed E-state index contributed by atoms with van der Waals surface area (Å²) in [5, 5.41) is 34.8. The molecular weight excluding hydrogens is 314 g/mol. The molecule has 0 radical (unpaired) electrons. The highest BCUT2D eigenvalue weighted by Gasteiger charge is 2.46. The van der Waals surface area contributed by atoms with Gasteiger partial charge >= 0.3 is 12.4 Å². The third-order valence-corrected chi connectivity index (χ3v) is 2.51. The van der Waals surface area contributed by atoms with Crippen molar-refractivity contribution in [1.82, 2.24) is 0 Å². The van der Waals surface area contributed by atoms with Crippen LogP contribution in [0.1, 0.15) is 33.4 Å². The highest BCUT2D eigenvalue weighted by molar-refractivity contribution is 5.68. The molecule has 0 aliphatic carbocycles. The first kappa shape index (κ1) is 16.8. The van der Waals surface area contributed by atoms with Crippen LogP contribution in [0, 0.1) is 45.3 Å². The van der Waals surface area contributed by atoms with E-state index in [4.69, 9.17) is 21.0 Å². The smallest absolute Gasteiger partial charge is 0.192 e. The van der Waals surface area contributed by atoms with E-state index in [-0.39, 0.29) is 0 Å². The van der Waals surface area contributed by atoms with Gasteiger partial charge in [-0.2, -0.15) is 47.4 Å². The van der Waals surface area contributed by atoms with Gasteiger partial charge in [0.2, 0.25) is 0 Å². The summed E-state index contributed by atoms with van der Waals surface area (Å²) in [7, 11) is 0. The van der Waals surface area contributed by atoms with Gasteiger partial charge in [-0.3, -0.25) is 0 Å². The molecule has 10 heteroatoms. The maximum absolute atomic E-state index is 12.9. The highest BCUT2D eigenvalue weighted by Crippen LogP contribution is 2.43. The van der Waals surface area contributed by atoms with Crippen LogP contribution in [0.25, 0.3) is 0 Å². The standard InChI is InChI=1S/C12F6N4/c13-11(14,15)9-5(1-19)6(2-20)10(12(16,17)18)8(4-22)7(9)3-21. The molecule has 0 aliphatic rings. The predicted molar refractivity (Wildman–Crippen MR) is 55.3 cm³/mol. The largest absolute Gasteiger partial charge is 0.419 e. The first-order valence-corrected chi connectivity index (χ1v) is 5.03. The van der Waals surface area contributed by atoms with Crippen molar-refractivity contribution < 1.29 is 26.3 Å². The number of rotatable bonds is 0. The SMILES string of the molecule is N#Cc1c(C#N)c(C(F)(F)F)c(C#N)c(C#N)c1C(F)(F)F. The third kappa shape index (κ3) is 2.51. The summed E-state index contributed by atoms with van der Waals surface area (Å²) in [5.74, 6) is 0. The first-order valence-electron chi connectivity index (χ1n) is 5.03. The maximum Gasteiger partial charge on any atom is 0.419 e. The van der Waals surface area contributed by atoms with Gasteiger partial charge in [0.1, 0.15) is 24.3 Å². The lowest BCUT2D eigenvalue weighted by molar-refractivity contribution is -0.142. The van der Waals surface area contributed by atoms with Crippen molar-refractivity contribution in [2.24, 2.45) is 0 Å². The summed E-state index contributed by atoms with van der Waals surface area (Å²) >= 11 is 0. The van der Waals surface area contributed by atoms with E-state index in [9.17, 15) is 26.3 Å². The molecule has 0 N–H and O–H groups in total. The predicted octanol–water partition coefficient (Wildman–Crippen LogP) is 3.21. The molecule has 1 aromatic carbocycles. The second kappa shape index (κ2) is 5.27. The zero-order chi connectivity index (χ0) is 17.3. The Morgan fingerprint density at radius 1 is 0.500 bits per heavy atom. The molecule has 0 heterocycles. The minimum atomic E-state index is -5.39. The van der Waals surface area contributed by atoms with Gasteiger partial charge in [-0.1, -0.05) is 0 Å². The summed E-state index contributed by atoms with van der Waals surface area (Å²) < 4.78 is 77.6. The van der Waals surface area contributed by atoms with Crippen LogP contribution in [0.4, 0.5) is 26.3 Å². The Hall–Kier alpha value is -3.24. The molecule has 0 saturated heterocycles. The van der Waals surface area contributed by atoms with Crippen LogP contribution in [-0.4, -0.2) is 0 Å². The van der Waals surface area contributed by atoms with Crippen molar-refractivity contribution in [1.29, 1.82) is 21.0 Å². The van der Waals surface area contributed by atoms with Crippen LogP contribution in [0.15, 0.2) is 0 Å². The Kier molecular flexibility index (Phi) is 4.03. The van der Waals surface area contributed by atoms with Crippen molar-refractivity contribution in [2.75, 3.05) is 0 Å². The lowest BCUT2D eigenvalue weighted by Gasteiger charge is -2.18. The summed E-state index contributed by atoms with van der Waals surface area (Å²) in [6, 6.07) is 3.43. The average Bonchev–Trinajstić information content (AvgIpc) is 2.41. The first-order chi connectivity index (χ1) is 10.0. The van der Waals surface area contributed by atoms with Crippen LogP contribution < -0.4 is 0 Å². The molecule has 110 valence electrons. The summed E-state index contributed by atoms with van der Waals surface area (Å²) in [5.41, 5.74) is -10.6. The van der Waals surface area contributed by atoms with Gasteiger partial charge in [0, 0.05) is 0 Å². The number of nitriles is 4. The second-order valence-electron chi connectivity index (χ2n) is 3.69. The summed E-state index contributed by atoms with van der Waals surface area (Å²) in [6.07, 6.45) is -10.8. The number of nitrogens with zero attached hydrogens (tertiary/aromatic N) is 4. The molecule has 1 aromatic rings. The van der Waals surface area contributed by atoms with E-state index in [2.05, 4.69) is 0 Å². The van der Waals surface area contributed by atoms with Crippen LogP contribution in [0.2, 0.25) is 0 Å². The molecular formula is C12F6N4. The van der Waals surface area contributed by atoms with E-state index in [1.165, 1.54) is 0 Å². The van der Waals surface area contributed by atoms with Gasteiger partial charge in [0.05, 0.1) is 33.4 Å². The monoisotopic (exact) mass is 314 g/mol. The summed E-state index contributed by atoms with van der Waals surface area (Å²) in [6.45, 7) is 0. The Balaban J connectivity index is 4.32. The molecule has 0 atom stereocenters. The molecule has 0 spiro atoms. The van der Waals surface area contributed by atoms with Crippen molar-refractivity contribution in [3.05, 3.63) is 33.4 Å².